The standard InChI is InChI=1S/C17H23ClN2O4S/c1-17(2,3)16(22)20-10-8-19(9-11-20)15(21)12-25(23,24)14-6-4-13(18)5-7-14/h4-7H,8-12H2,1-3H3. The smallest absolute Gasteiger partial charge is 0.238 e. The predicted molar refractivity (Wildman–Crippen MR) is 96.1 cm³/mol. The maximum Gasteiger partial charge on any atom is 0.238 e. The highest BCUT2D eigenvalue weighted by atomic mass is 35.5. The normalized spacial score (nSPS) is 16.0. The zero-order valence-corrected chi connectivity index (χ0v) is 16.2. The van der Waals surface area contributed by atoms with Crippen LogP contribution in [0.25, 0.3) is 0 Å². The highest BCUT2D eigenvalue weighted by molar-refractivity contribution is 7.92. The van der Waals surface area contributed by atoms with E-state index in [1.807, 2.05) is 20.8 Å². The maximum atomic E-state index is 12.3. The Morgan fingerprint density at radius 2 is 1.48 bits per heavy atom. The average Bonchev–Trinajstić information content (AvgIpc) is 2.53. The molecule has 1 heterocycles. The fourth-order valence-corrected chi connectivity index (χ4v) is 3.96. The molecular weight excluding hydrogens is 364 g/mol. The van der Waals surface area contributed by atoms with Gasteiger partial charge in [-0.3, -0.25) is 9.59 Å². The summed E-state index contributed by atoms with van der Waals surface area (Å²) in [4.78, 5) is 27.9. The molecule has 1 aliphatic rings. The zero-order valence-electron chi connectivity index (χ0n) is 14.7. The van der Waals surface area contributed by atoms with E-state index in [-0.39, 0.29) is 10.8 Å². The van der Waals surface area contributed by atoms with E-state index < -0.39 is 26.9 Å². The fourth-order valence-electron chi connectivity index (χ4n) is 2.61. The number of nitrogens with zero attached hydrogens (tertiary/aromatic N) is 2. The molecule has 1 fully saturated rings. The topological polar surface area (TPSA) is 74.8 Å². The Morgan fingerprint density at radius 3 is 1.96 bits per heavy atom. The van der Waals surface area contributed by atoms with Gasteiger partial charge in [-0.25, -0.2) is 8.42 Å². The maximum absolute atomic E-state index is 12.3. The lowest BCUT2D eigenvalue weighted by Gasteiger charge is -2.37. The van der Waals surface area contributed by atoms with Gasteiger partial charge in [-0.05, 0) is 24.3 Å². The van der Waals surface area contributed by atoms with E-state index in [4.69, 9.17) is 11.6 Å². The second-order valence-electron chi connectivity index (χ2n) is 7.14. The van der Waals surface area contributed by atoms with Gasteiger partial charge in [0.2, 0.25) is 11.8 Å². The second-order valence-corrected chi connectivity index (χ2v) is 9.56. The van der Waals surface area contributed by atoms with Crippen molar-refractivity contribution in [2.75, 3.05) is 31.9 Å². The number of rotatable bonds is 3. The molecule has 0 radical (unpaired) electrons. The minimum atomic E-state index is -3.71. The molecule has 25 heavy (non-hydrogen) atoms. The van der Waals surface area contributed by atoms with Gasteiger partial charge in [0.15, 0.2) is 9.84 Å². The molecule has 0 atom stereocenters. The van der Waals surface area contributed by atoms with Crippen molar-refractivity contribution in [2.24, 2.45) is 5.41 Å². The molecule has 0 bridgehead atoms. The molecule has 138 valence electrons. The van der Waals surface area contributed by atoms with Gasteiger partial charge in [-0.2, -0.15) is 0 Å². The van der Waals surface area contributed by atoms with E-state index in [0.29, 0.717) is 31.2 Å². The first-order valence-electron chi connectivity index (χ1n) is 8.06. The number of hydrogen-bond donors (Lipinski definition) is 0. The van der Waals surface area contributed by atoms with E-state index in [2.05, 4.69) is 0 Å². The number of carbonyl (C=O) groups excluding carboxylic acids is 2. The molecule has 0 aliphatic carbocycles. The predicted octanol–water partition coefficient (Wildman–Crippen LogP) is 1.83. The summed E-state index contributed by atoms with van der Waals surface area (Å²) in [6.07, 6.45) is 0. The van der Waals surface area contributed by atoms with Crippen LogP contribution in [0.2, 0.25) is 5.02 Å². The van der Waals surface area contributed by atoms with Gasteiger partial charge < -0.3 is 9.80 Å². The van der Waals surface area contributed by atoms with Crippen LogP contribution in [0.4, 0.5) is 0 Å². The van der Waals surface area contributed by atoms with Gasteiger partial charge in [-0.15, -0.1) is 0 Å². The van der Waals surface area contributed by atoms with Crippen molar-refractivity contribution in [1.29, 1.82) is 0 Å². The third-order valence-electron chi connectivity index (χ3n) is 4.05. The molecule has 2 amide bonds. The van der Waals surface area contributed by atoms with Crippen molar-refractivity contribution in [3.05, 3.63) is 29.3 Å². The lowest BCUT2D eigenvalue weighted by molar-refractivity contribution is -0.144. The fraction of sp³-hybridized carbons (Fsp3) is 0.529. The lowest BCUT2D eigenvalue weighted by Crippen LogP contribution is -2.53. The van der Waals surface area contributed by atoms with Crippen LogP contribution in [0.1, 0.15) is 20.8 Å². The number of benzene rings is 1. The van der Waals surface area contributed by atoms with Crippen molar-refractivity contribution >= 4 is 33.3 Å². The van der Waals surface area contributed by atoms with Gasteiger partial charge in [0.1, 0.15) is 5.75 Å². The zero-order chi connectivity index (χ0) is 18.8. The molecule has 2 rings (SSSR count). The van der Waals surface area contributed by atoms with Crippen molar-refractivity contribution in [1.82, 2.24) is 9.80 Å². The van der Waals surface area contributed by atoms with Crippen molar-refractivity contribution < 1.29 is 18.0 Å². The van der Waals surface area contributed by atoms with Gasteiger partial charge in [0, 0.05) is 36.6 Å². The van der Waals surface area contributed by atoms with Crippen molar-refractivity contribution in [2.45, 2.75) is 25.7 Å². The van der Waals surface area contributed by atoms with E-state index in [0.717, 1.165) is 0 Å². The summed E-state index contributed by atoms with van der Waals surface area (Å²) in [5.74, 6) is -0.992. The van der Waals surface area contributed by atoms with Crippen LogP contribution in [0.15, 0.2) is 29.2 Å². The average molecular weight is 387 g/mol. The third kappa shape index (κ3) is 4.95. The Kier molecular flexibility index (Phi) is 5.79. The lowest BCUT2D eigenvalue weighted by atomic mass is 9.94. The largest absolute Gasteiger partial charge is 0.339 e. The molecule has 6 nitrogen and oxygen atoms in total. The number of halogens is 1. The van der Waals surface area contributed by atoms with Gasteiger partial charge in [-0.1, -0.05) is 32.4 Å². The SMILES string of the molecule is CC(C)(C)C(=O)N1CCN(C(=O)CS(=O)(=O)c2ccc(Cl)cc2)CC1. The summed E-state index contributed by atoms with van der Waals surface area (Å²) in [5.41, 5.74) is -0.468. The molecule has 0 unspecified atom stereocenters. The molecular formula is C17H23ClN2O4S. The highest BCUT2D eigenvalue weighted by Crippen LogP contribution is 2.19. The first-order valence-corrected chi connectivity index (χ1v) is 10.1. The van der Waals surface area contributed by atoms with Crippen LogP contribution in [-0.2, 0) is 19.4 Å². The van der Waals surface area contributed by atoms with Gasteiger partial charge >= 0.3 is 0 Å². The molecule has 1 aromatic rings. The molecule has 1 saturated heterocycles. The summed E-state index contributed by atoms with van der Waals surface area (Å²) in [6.45, 7) is 7.09. The van der Waals surface area contributed by atoms with Gasteiger partial charge in [0.05, 0.1) is 4.90 Å². The Morgan fingerprint density at radius 1 is 1.00 bits per heavy atom. The molecule has 0 saturated carbocycles. The van der Waals surface area contributed by atoms with Crippen molar-refractivity contribution in [3.63, 3.8) is 0 Å². The summed E-state index contributed by atoms with van der Waals surface area (Å²) in [7, 11) is -3.71. The van der Waals surface area contributed by atoms with E-state index >= 15 is 0 Å². The number of sulfone groups is 1. The van der Waals surface area contributed by atoms with Crippen LogP contribution in [-0.4, -0.2) is 62.0 Å². The summed E-state index contributed by atoms with van der Waals surface area (Å²) < 4.78 is 24.7. The number of amides is 2. The number of carbonyl (C=O) groups is 2. The van der Waals surface area contributed by atoms with Crippen LogP contribution >= 0.6 is 11.6 Å². The Bertz CT molecular complexity index is 746. The summed E-state index contributed by atoms with van der Waals surface area (Å²) in [5, 5.41) is 0.435. The molecule has 8 heteroatoms. The van der Waals surface area contributed by atoms with E-state index in [1.165, 1.54) is 29.2 Å². The highest BCUT2D eigenvalue weighted by Gasteiger charge is 2.32. The van der Waals surface area contributed by atoms with Crippen LogP contribution in [0, 0.1) is 5.41 Å². The molecule has 1 aromatic carbocycles. The van der Waals surface area contributed by atoms with E-state index in [9.17, 15) is 18.0 Å². The third-order valence-corrected chi connectivity index (χ3v) is 5.92. The van der Waals surface area contributed by atoms with E-state index in [1.54, 1.807) is 4.90 Å². The summed E-state index contributed by atoms with van der Waals surface area (Å²) >= 11 is 5.76. The first kappa shape index (κ1) is 19.7. The minimum Gasteiger partial charge on any atom is -0.339 e. The quantitative estimate of drug-likeness (QED) is 0.794. The minimum absolute atomic E-state index is 0.0355. The first-order chi connectivity index (χ1) is 11.5. The second kappa shape index (κ2) is 7.33. The van der Waals surface area contributed by atoms with Crippen LogP contribution in [0.3, 0.4) is 0 Å². The van der Waals surface area contributed by atoms with Crippen LogP contribution in [0.5, 0.6) is 0 Å². The monoisotopic (exact) mass is 386 g/mol. The Hall–Kier alpha value is -1.60. The van der Waals surface area contributed by atoms with Gasteiger partial charge in [0.25, 0.3) is 0 Å². The molecule has 0 aromatic heterocycles. The molecule has 0 spiro atoms. The number of piperazine rings is 1. The Balaban J connectivity index is 1.97. The number of hydrogen-bond acceptors (Lipinski definition) is 4. The molecule has 0 N–H and O–H groups in total. The van der Waals surface area contributed by atoms with Crippen LogP contribution < -0.4 is 0 Å². The Labute approximate surface area is 153 Å². The summed E-state index contributed by atoms with van der Waals surface area (Å²) in [6, 6.07) is 5.75. The van der Waals surface area contributed by atoms with Crippen molar-refractivity contribution in [3.8, 4) is 0 Å². The molecule has 1 aliphatic heterocycles.